The van der Waals surface area contributed by atoms with Crippen LogP contribution in [-0.4, -0.2) is 38.6 Å². The Morgan fingerprint density at radius 2 is 1.73 bits per heavy atom. The summed E-state index contributed by atoms with van der Waals surface area (Å²) in [5.74, 6) is 0.985. The molecule has 0 aliphatic heterocycles. The Hall–Kier alpha value is -0.310. The molecule has 0 unspecified atom stereocenters. The van der Waals surface area contributed by atoms with Crippen LogP contribution in [0.2, 0.25) is 0 Å². The van der Waals surface area contributed by atoms with Crippen LogP contribution in [0.4, 0.5) is 0 Å². The fourth-order valence-electron chi connectivity index (χ4n) is 0.816. The molecule has 11 heavy (non-hydrogen) atoms. The Labute approximate surface area is 72.6 Å². The van der Waals surface area contributed by atoms with Gasteiger partial charge in [0.05, 0.1) is 7.11 Å². The third-order valence-electron chi connectivity index (χ3n) is 1.51. The maximum atomic E-state index is 5.25. The molecule has 0 spiro atoms. The minimum atomic E-state index is 0.302. The molecule has 66 valence electrons. The first-order chi connectivity index (χ1) is 5.00. The van der Waals surface area contributed by atoms with Crippen molar-refractivity contribution in [3.63, 3.8) is 0 Å². The summed E-state index contributed by atoms with van der Waals surface area (Å²) in [7, 11) is 6.01. The molecule has 0 saturated carbocycles. The summed E-state index contributed by atoms with van der Waals surface area (Å²) >= 11 is 0. The van der Waals surface area contributed by atoms with Crippen molar-refractivity contribution in [2.75, 3.05) is 33.7 Å². The van der Waals surface area contributed by atoms with Gasteiger partial charge < -0.3 is 9.64 Å². The Morgan fingerprint density at radius 3 is 1.82 bits per heavy atom. The molecular weight excluding hydrogens is 158 g/mol. The molecule has 0 N–H and O–H groups in total. The van der Waals surface area contributed by atoms with Gasteiger partial charge in [-0.15, -0.1) is 0 Å². The summed E-state index contributed by atoms with van der Waals surface area (Å²) in [6, 6.07) is 0. The number of rotatable bonds is 3. The van der Waals surface area contributed by atoms with Crippen molar-refractivity contribution >= 4 is 10.9 Å². The maximum absolute atomic E-state index is 5.25. The molecule has 0 bridgehead atoms. The highest BCUT2D eigenvalue weighted by atomic mass is 32.2. The van der Waals surface area contributed by atoms with Gasteiger partial charge in [0.1, 0.15) is 12.5 Å². The van der Waals surface area contributed by atoms with Gasteiger partial charge >= 0.3 is 0 Å². The van der Waals surface area contributed by atoms with Gasteiger partial charge in [0.15, 0.2) is 4.91 Å². The predicted molar refractivity (Wildman–Crippen MR) is 52.6 cm³/mol. The van der Waals surface area contributed by atoms with Gasteiger partial charge in [-0.05, 0) is 0 Å². The summed E-state index contributed by atoms with van der Waals surface area (Å²) in [6.07, 6.45) is 4.38. The largest absolute Gasteiger partial charge is 0.479 e. The molecule has 0 amide bonds. The van der Waals surface area contributed by atoms with Crippen molar-refractivity contribution in [3.05, 3.63) is 10.8 Å². The van der Waals surface area contributed by atoms with Crippen molar-refractivity contribution < 1.29 is 4.74 Å². The van der Waals surface area contributed by atoms with Gasteiger partial charge in [0, 0.05) is 31.9 Å². The third kappa shape index (κ3) is 3.06. The average Bonchev–Trinajstić information content (AvgIpc) is 1.88. The van der Waals surface area contributed by atoms with Crippen molar-refractivity contribution in [1.29, 1.82) is 0 Å². The molecule has 0 fully saturated rings. The number of methoxy groups -OCH3 is 1. The minimum absolute atomic E-state index is 0.302. The van der Waals surface area contributed by atoms with Gasteiger partial charge in [0.25, 0.3) is 0 Å². The SMILES string of the molecule is CO/C(=C(/C)[S+](C)C)N(C)C. The van der Waals surface area contributed by atoms with Crippen LogP contribution in [0.1, 0.15) is 6.92 Å². The lowest BCUT2D eigenvalue weighted by Crippen LogP contribution is -2.17. The van der Waals surface area contributed by atoms with E-state index in [1.54, 1.807) is 7.11 Å². The molecule has 3 heteroatoms. The van der Waals surface area contributed by atoms with Gasteiger partial charge in [-0.3, -0.25) is 0 Å². The first-order valence-corrected chi connectivity index (χ1v) is 5.54. The average molecular weight is 176 g/mol. The van der Waals surface area contributed by atoms with Crippen LogP contribution in [-0.2, 0) is 15.6 Å². The lowest BCUT2D eigenvalue weighted by atomic mass is 10.6. The zero-order valence-corrected chi connectivity index (χ0v) is 9.08. The molecular formula is C8H18NOS+. The van der Waals surface area contributed by atoms with E-state index >= 15 is 0 Å². The summed E-state index contributed by atoms with van der Waals surface area (Å²) in [5.41, 5.74) is 0. The van der Waals surface area contributed by atoms with E-state index < -0.39 is 0 Å². The summed E-state index contributed by atoms with van der Waals surface area (Å²) in [4.78, 5) is 3.32. The minimum Gasteiger partial charge on any atom is -0.479 e. The van der Waals surface area contributed by atoms with Crippen molar-refractivity contribution in [3.8, 4) is 0 Å². The van der Waals surface area contributed by atoms with Gasteiger partial charge in [0.2, 0.25) is 5.88 Å². The lowest BCUT2D eigenvalue weighted by molar-refractivity contribution is 0.192. The highest BCUT2D eigenvalue weighted by molar-refractivity contribution is 7.99. The Kier molecular flexibility index (Phi) is 4.42. The molecule has 2 nitrogen and oxygen atoms in total. The molecule has 0 aliphatic carbocycles. The predicted octanol–water partition coefficient (Wildman–Crippen LogP) is 1.26. The number of hydrogen-bond donors (Lipinski definition) is 0. The molecule has 0 heterocycles. The fourth-order valence-corrected chi connectivity index (χ4v) is 1.43. The standard InChI is InChI=1S/C8H18NOS/c1-7(11(5)6)8(10-4)9(2)3/h1-6H3/q+1/b8-7-. The van der Waals surface area contributed by atoms with Crippen LogP contribution in [0, 0.1) is 0 Å². The van der Waals surface area contributed by atoms with Crippen LogP contribution in [0.5, 0.6) is 0 Å². The van der Waals surface area contributed by atoms with Crippen LogP contribution < -0.4 is 0 Å². The van der Waals surface area contributed by atoms with Crippen molar-refractivity contribution in [2.24, 2.45) is 0 Å². The van der Waals surface area contributed by atoms with Crippen molar-refractivity contribution in [1.82, 2.24) is 4.90 Å². The van der Waals surface area contributed by atoms with Crippen LogP contribution in [0.3, 0.4) is 0 Å². The maximum Gasteiger partial charge on any atom is 0.240 e. The summed E-state index contributed by atoms with van der Waals surface area (Å²) in [6.45, 7) is 2.11. The van der Waals surface area contributed by atoms with E-state index in [4.69, 9.17) is 4.74 Å². The van der Waals surface area contributed by atoms with E-state index in [2.05, 4.69) is 19.4 Å². The monoisotopic (exact) mass is 176 g/mol. The Morgan fingerprint density at radius 1 is 1.27 bits per heavy atom. The fraction of sp³-hybridized carbons (Fsp3) is 0.750. The van der Waals surface area contributed by atoms with E-state index in [0.29, 0.717) is 10.9 Å². The van der Waals surface area contributed by atoms with E-state index in [1.165, 1.54) is 4.91 Å². The van der Waals surface area contributed by atoms with E-state index in [-0.39, 0.29) is 0 Å². The van der Waals surface area contributed by atoms with Crippen LogP contribution >= 0.6 is 0 Å². The molecule has 0 saturated heterocycles. The second-order valence-corrected chi connectivity index (χ2v) is 5.02. The van der Waals surface area contributed by atoms with Gasteiger partial charge in [-0.1, -0.05) is 0 Å². The number of ether oxygens (including phenoxy) is 1. The smallest absolute Gasteiger partial charge is 0.240 e. The molecule has 0 aromatic rings. The zero-order valence-electron chi connectivity index (χ0n) is 8.26. The molecule has 0 rings (SSSR count). The zero-order chi connectivity index (χ0) is 9.02. The molecule has 0 atom stereocenters. The van der Waals surface area contributed by atoms with Gasteiger partial charge in [-0.25, -0.2) is 0 Å². The van der Waals surface area contributed by atoms with E-state index in [0.717, 1.165) is 5.88 Å². The quantitative estimate of drug-likeness (QED) is 0.474. The number of nitrogens with zero attached hydrogens (tertiary/aromatic N) is 1. The van der Waals surface area contributed by atoms with Gasteiger partial charge in [-0.2, -0.15) is 0 Å². The summed E-state index contributed by atoms with van der Waals surface area (Å²) < 4.78 is 5.25. The lowest BCUT2D eigenvalue weighted by Gasteiger charge is -2.15. The number of allylic oxidation sites excluding steroid dienone is 1. The topological polar surface area (TPSA) is 12.5 Å². The second-order valence-electron chi connectivity index (χ2n) is 2.78. The highest BCUT2D eigenvalue weighted by Gasteiger charge is 2.15. The second kappa shape index (κ2) is 4.54. The molecule has 0 aromatic heterocycles. The molecule has 0 aliphatic rings. The highest BCUT2D eigenvalue weighted by Crippen LogP contribution is 2.12. The normalized spacial score (nSPS) is 13.0. The van der Waals surface area contributed by atoms with Crippen LogP contribution in [0.25, 0.3) is 0 Å². The summed E-state index contributed by atoms with van der Waals surface area (Å²) in [5, 5.41) is 0. The Bertz CT molecular complexity index is 152. The molecule has 0 aromatic carbocycles. The van der Waals surface area contributed by atoms with E-state index in [9.17, 15) is 0 Å². The van der Waals surface area contributed by atoms with Crippen LogP contribution in [0.15, 0.2) is 10.8 Å². The first-order valence-electron chi connectivity index (χ1n) is 3.50. The van der Waals surface area contributed by atoms with Crippen molar-refractivity contribution in [2.45, 2.75) is 6.92 Å². The number of hydrogen-bond acceptors (Lipinski definition) is 2. The third-order valence-corrected chi connectivity index (χ3v) is 2.91. The Balaban J connectivity index is 4.54. The van der Waals surface area contributed by atoms with E-state index in [1.807, 2.05) is 19.0 Å². The molecule has 0 radical (unpaired) electrons. The first kappa shape index (κ1) is 10.7.